The number of hydrogen-bond acceptors (Lipinski definition) is 4. The number of Topliss-reactive ketones (excluding diaryl/α,β-unsaturated/α-hetero) is 1. The van der Waals surface area contributed by atoms with Crippen molar-refractivity contribution in [2.45, 2.75) is 20.8 Å². The number of hydrogen-bond donors (Lipinski definition) is 0. The summed E-state index contributed by atoms with van der Waals surface area (Å²) >= 11 is 0. The molecule has 5 nitrogen and oxygen atoms in total. The third-order valence-corrected chi connectivity index (χ3v) is 2.01. The standard InChI is InChI=1S/C9H13N3O2/c1-6(7(2)13)9(14)12(4)8(3)11-5-10/h6H,1-4H3/b11-8+. The Kier molecular flexibility index (Phi) is 4.50. The van der Waals surface area contributed by atoms with Crippen molar-refractivity contribution in [3.8, 4) is 6.19 Å². The van der Waals surface area contributed by atoms with E-state index < -0.39 is 5.92 Å². The van der Waals surface area contributed by atoms with Crippen LogP contribution in [0.3, 0.4) is 0 Å². The third kappa shape index (κ3) is 2.98. The zero-order valence-corrected chi connectivity index (χ0v) is 8.74. The van der Waals surface area contributed by atoms with E-state index in [0.717, 1.165) is 0 Å². The predicted octanol–water partition coefficient (Wildman–Crippen LogP) is 0.569. The van der Waals surface area contributed by atoms with Crippen molar-refractivity contribution >= 4 is 17.5 Å². The Morgan fingerprint density at radius 1 is 1.43 bits per heavy atom. The van der Waals surface area contributed by atoms with E-state index in [2.05, 4.69) is 4.99 Å². The number of carbonyl (C=O) groups is 2. The van der Waals surface area contributed by atoms with Crippen molar-refractivity contribution in [3.05, 3.63) is 0 Å². The average molecular weight is 195 g/mol. The second-order valence-electron chi connectivity index (χ2n) is 2.99. The lowest BCUT2D eigenvalue weighted by Crippen LogP contribution is -2.37. The molecule has 0 N–H and O–H groups in total. The van der Waals surface area contributed by atoms with Crippen LogP contribution in [0.5, 0.6) is 0 Å². The molecule has 14 heavy (non-hydrogen) atoms. The van der Waals surface area contributed by atoms with Gasteiger partial charge in [0.15, 0.2) is 0 Å². The Morgan fingerprint density at radius 3 is 2.29 bits per heavy atom. The van der Waals surface area contributed by atoms with Gasteiger partial charge in [0.05, 0.1) is 5.92 Å². The smallest absolute Gasteiger partial charge is 0.237 e. The molecule has 0 aliphatic rings. The van der Waals surface area contributed by atoms with E-state index in [1.54, 1.807) is 6.19 Å². The van der Waals surface area contributed by atoms with Crippen LogP contribution < -0.4 is 0 Å². The van der Waals surface area contributed by atoms with E-state index in [4.69, 9.17) is 5.26 Å². The summed E-state index contributed by atoms with van der Waals surface area (Å²) in [7, 11) is 1.48. The summed E-state index contributed by atoms with van der Waals surface area (Å²) in [6.45, 7) is 4.42. The molecule has 0 bridgehead atoms. The molecule has 0 aromatic heterocycles. The van der Waals surface area contributed by atoms with Crippen LogP contribution in [-0.4, -0.2) is 29.5 Å². The molecule has 0 radical (unpaired) electrons. The molecule has 1 atom stereocenters. The van der Waals surface area contributed by atoms with Gasteiger partial charge in [-0.3, -0.25) is 9.59 Å². The number of aliphatic imine (C=N–C) groups is 1. The van der Waals surface area contributed by atoms with Crippen LogP contribution in [0.4, 0.5) is 0 Å². The van der Waals surface area contributed by atoms with Gasteiger partial charge in [0, 0.05) is 7.05 Å². The van der Waals surface area contributed by atoms with Crippen LogP contribution in [-0.2, 0) is 9.59 Å². The Balaban J connectivity index is 4.65. The molecule has 0 rings (SSSR count). The minimum atomic E-state index is -0.691. The summed E-state index contributed by atoms with van der Waals surface area (Å²) in [6, 6.07) is 0. The molecule has 0 aliphatic carbocycles. The molecule has 1 unspecified atom stereocenters. The molecule has 0 aliphatic heterocycles. The molecule has 0 fully saturated rings. The zero-order valence-electron chi connectivity index (χ0n) is 8.74. The van der Waals surface area contributed by atoms with E-state index in [-0.39, 0.29) is 17.5 Å². The molecular formula is C9H13N3O2. The summed E-state index contributed by atoms with van der Waals surface area (Å²) < 4.78 is 0. The van der Waals surface area contributed by atoms with Crippen LogP contribution in [0.25, 0.3) is 0 Å². The second-order valence-corrected chi connectivity index (χ2v) is 2.99. The average Bonchev–Trinajstić information content (AvgIpc) is 2.14. The normalized spacial score (nSPS) is 12.9. The lowest BCUT2D eigenvalue weighted by atomic mass is 10.1. The molecule has 0 heterocycles. The van der Waals surface area contributed by atoms with E-state index in [1.807, 2.05) is 0 Å². The van der Waals surface area contributed by atoms with Crippen LogP contribution >= 0.6 is 0 Å². The lowest BCUT2D eigenvalue weighted by Gasteiger charge is -2.18. The number of amides is 1. The summed E-state index contributed by atoms with van der Waals surface area (Å²) in [4.78, 5) is 27.0. The first kappa shape index (κ1) is 12.3. The summed E-state index contributed by atoms with van der Waals surface area (Å²) in [5.41, 5.74) is 0. The Labute approximate surface area is 83.0 Å². The topological polar surface area (TPSA) is 73.5 Å². The van der Waals surface area contributed by atoms with Gasteiger partial charge < -0.3 is 4.90 Å². The van der Waals surface area contributed by atoms with Gasteiger partial charge in [-0.05, 0) is 20.8 Å². The molecule has 0 saturated heterocycles. The fraction of sp³-hybridized carbons (Fsp3) is 0.556. The van der Waals surface area contributed by atoms with Crippen molar-refractivity contribution in [3.63, 3.8) is 0 Å². The van der Waals surface area contributed by atoms with Gasteiger partial charge >= 0.3 is 0 Å². The van der Waals surface area contributed by atoms with Gasteiger partial charge in [-0.2, -0.15) is 10.3 Å². The Morgan fingerprint density at radius 2 is 1.93 bits per heavy atom. The minimum absolute atomic E-state index is 0.202. The second kappa shape index (κ2) is 5.12. The summed E-state index contributed by atoms with van der Waals surface area (Å²) in [5, 5.41) is 8.27. The molecule has 0 spiro atoms. The van der Waals surface area contributed by atoms with Crippen LogP contribution in [0.15, 0.2) is 4.99 Å². The van der Waals surface area contributed by atoms with Crippen LogP contribution in [0.1, 0.15) is 20.8 Å². The summed E-state index contributed by atoms with van der Waals surface area (Å²) in [6.07, 6.45) is 1.58. The SMILES string of the molecule is CC(=O)C(C)C(=O)N(C)/C(C)=N/C#N. The van der Waals surface area contributed by atoms with Gasteiger partial charge in [0.25, 0.3) is 0 Å². The van der Waals surface area contributed by atoms with Crippen molar-refractivity contribution in [2.24, 2.45) is 10.9 Å². The minimum Gasteiger partial charge on any atom is -0.302 e. The van der Waals surface area contributed by atoms with E-state index >= 15 is 0 Å². The van der Waals surface area contributed by atoms with Crippen molar-refractivity contribution in [1.29, 1.82) is 5.26 Å². The van der Waals surface area contributed by atoms with E-state index in [0.29, 0.717) is 0 Å². The fourth-order valence-electron chi connectivity index (χ4n) is 0.771. The summed E-state index contributed by atoms with van der Waals surface area (Å²) in [5.74, 6) is -0.963. The van der Waals surface area contributed by atoms with Gasteiger partial charge in [0.1, 0.15) is 11.6 Å². The maximum Gasteiger partial charge on any atom is 0.237 e. The molecular weight excluding hydrogens is 182 g/mol. The van der Waals surface area contributed by atoms with Crippen molar-refractivity contribution in [2.75, 3.05) is 7.05 Å². The predicted molar refractivity (Wildman–Crippen MR) is 51.3 cm³/mol. The van der Waals surface area contributed by atoms with Crippen LogP contribution in [0.2, 0.25) is 0 Å². The van der Waals surface area contributed by atoms with Gasteiger partial charge in [0.2, 0.25) is 12.1 Å². The van der Waals surface area contributed by atoms with Gasteiger partial charge in [-0.1, -0.05) is 0 Å². The van der Waals surface area contributed by atoms with E-state index in [1.165, 1.54) is 32.7 Å². The Bertz CT molecular complexity index is 315. The molecule has 0 saturated carbocycles. The first-order valence-electron chi connectivity index (χ1n) is 4.13. The third-order valence-electron chi connectivity index (χ3n) is 2.01. The maximum atomic E-state index is 11.5. The molecule has 5 heteroatoms. The lowest BCUT2D eigenvalue weighted by molar-refractivity contribution is -0.136. The van der Waals surface area contributed by atoms with Crippen molar-refractivity contribution in [1.82, 2.24) is 4.90 Å². The highest BCUT2D eigenvalue weighted by Gasteiger charge is 2.22. The van der Waals surface area contributed by atoms with Gasteiger partial charge in [-0.25, -0.2) is 0 Å². The zero-order chi connectivity index (χ0) is 11.3. The quantitative estimate of drug-likeness (QED) is 0.280. The maximum absolute atomic E-state index is 11.5. The van der Waals surface area contributed by atoms with Gasteiger partial charge in [-0.15, -0.1) is 0 Å². The number of rotatable bonds is 2. The highest BCUT2D eigenvalue weighted by Crippen LogP contribution is 2.02. The number of nitrogens with zero attached hydrogens (tertiary/aromatic N) is 3. The molecule has 0 aromatic carbocycles. The number of ketones is 1. The molecule has 0 aromatic rings. The van der Waals surface area contributed by atoms with Crippen molar-refractivity contribution < 1.29 is 9.59 Å². The first-order valence-corrected chi connectivity index (χ1v) is 4.13. The van der Waals surface area contributed by atoms with E-state index in [9.17, 15) is 9.59 Å². The Hall–Kier alpha value is -1.70. The van der Waals surface area contributed by atoms with Crippen LogP contribution in [0, 0.1) is 17.4 Å². The molecule has 76 valence electrons. The highest BCUT2D eigenvalue weighted by molar-refractivity contribution is 6.06. The number of amidine groups is 1. The molecule has 1 amide bonds. The highest BCUT2D eigenvalue weighted by atomic mass is 16.2. The first-order chi connectivity index (χ1) is 6.41. The number of nitriles is 1. The largest absolute Gasteiger partial charge is 0.302 e. The monoisotopic (exact) mass is 195 g/mol. The fourth-order valence-corrected chi connectivity index (χ4v) is 0.771. The number of carbonyl (C=O) groups excluding carboxylic acids is 2.